The number of carbonyl (C=O) groups is 1. The molecule has 0 spiro atoms. The van der Waals surface area contributed by atoms with Crippen molar-refractivity contribution in [1.29, 1.82) is 0 Å². The Morgan fingerprint density at radius 1 is 1.27 bits per heavy atom. The summed E-state index contributed by atoms with van der Waals surface area (Å²) in [7, 11) is 1.61. The van der Waals surface area contributed by atoms with Gasteiger partial charge in [-0.25, -0.2) is 0 Å². The van der Waals surface area contributed by atoms with Crippen LogP contribution in [0.2, 0.25) is 0 Å². The maximum absolute atomic E-state index is 13.1. The summed E-state index contributed by atoms with van der Waals surface area (Å²) in [6.07, 6.45) is 2.59. The number of nitrogens with one attached hydrogen (secondary N) is 1. The van der Waals surface area contributed by atoms with Gasteiger partial charge in [-0.15, -0.1) is 0 Å². The summed E-state index contributed by atoms with van der Waals surface area (Å²) in [5, 5.41) is 2.96. The summed E-state index contributed by atoms with van der Waals surface area (Å²) in [6.45, 7) is 4.78. The van der Waals surface area contributed by atoms with E-state index in [1.54, 1.807) is 17.7 Å². The van der Waals surface area contributed by atoms with Gasteiger partial charge in [0.15, 0.2) is 0 Å². The average molecular weight is 356 g/mol. The molecule has 1 aromatic heterocycles. The Morgan fingerprint density at radius 3 is 2.77 bits per heavy atom. The number of methoxy groups -OCH3 is 1. The van der Waals surface area contributed by atoms with Crippen molar-refractivity contribution in [1.82, 2.24) is 4.57 Å². The van der Waals surface area contributed by atoms with Gasteiger partial charge in [-0.1, -0.05) is 0 Å². The largest absolute Gasteiger partial charge is 0.497 e. The van der Waals surface area contributed by atoms with Crippen molar-refractivity contribution in [3.8, 4) is 11.5 Å². The van der Waals surface area contributed by atoms with Crippen LogP contribution < -0.4 is 20.3 Å². The summed E-state index contributed by atoms with van der Waals surface area (Å²) in [6, 6.07) is 6.91. The number of fused-ring (bicyclic) bond motifs is 1. The van der Waals surface area contributed by atoms with Crippen LogP contribution in [0.4, 0.5) is 5.69 Å². The van der Waals surface area contributed by atoms with Gasteiger partial charge in [0.05, 0.1) is 13.7 Å². The molecule has 1 N–H and O–H groups in total. The van der Waals surface area contributed by atoms with Crippen LogP contribution in [0.25, 0.3) is 0 Å². The van der Waals surface area contributed by atoms with E-state index >= 15 is 0 Å². The van der Waals surface area contributed by atoms with Gasteiger partial charge in [0.2, 0.25) is 0 Å². The van der Waals surface area contributed by atoms with Crippen molar-refractivity contribution in [2.45, 2.75) is 39.7 Å². The predicted molar refractivity (Wildman–Crippen MR) is 100 cm³/mol. The molecule has 0 fully saturated rings. The van der Waals surface area contributed by atoms with Gasteiger partial charge in [0.1, 0.15) is 17.1 Å². The van der Waals surface area contributed by atoms with Crippen LogP contribution in [-0.2, 0) is 13.0 Å². The molecule has 26 heavy (non-hydrogen) atoms. The fraction of sp³-hybridized carbons (Fsp3) is 0.400. The van der Waals surface area contributed by atoms with E-state index in [4.69, 9.17) is 9.47 Å². The number of benzene rings is 1. The van der Waals surface area contributed by atoms with Crippen molar-refractivity contribution in [2.75, 3.05) is 19.0 Å². The number of carbonyl (C=O) groups excluding carboxylic acids is 1. The molecule has 0 atom stereocenters. The molecule has 0 unspecified atom stereocenters. The first-order valence-electron chi connectivity index (χ1n) is 8.90. The molecule has 0 bridgehead atoms. The zero-order chi connectivity index (χ0) is 18.7. The molecule has 6 nitrogen and oxygen atoms in total. The molecule has 0 saturated heterocycles. The average Bonchev–Trinajstić information content (AvgIpc) is 2.64. The van der Waals surface area contributed by atoms with Gasteiger partial charge in [-0.2, -0.15) is 0 Å². The molecule has 2 heterocycles. The molecular formula is C20H24N2O4. The molecular weight excluding hydrogens is 332 g/mol. The fourth-order valence-corrected chi connectivity index (χ4v) is 3.34. The van der Waals surface area contributed by atoms with Gasteiger partial charge < -0.3 is 19.4 Å². The van der Waals surface area contributed by atoms with Gasteiger partial charge in [0, 0.05) is 24.0 Å². The first-order valence-corrected chi connectivity index (χ1v) is 8.90. The van der Waals surface area contributed by atoms with Crippen molar-refractivity contribution in [2.24, 2.45) is 0 Å². The van der Waals surface area contributed by atoms with Crippen LogP contribution in [-0.4, -0.2) is 24.2 Å². The molecule has 0 saturated carbocycles. The number of aryl methyl sites for hydroxylation is 1. The van der Waals surface area contributed by atoms with E-state index in [-0.39, 0.29) is 11.5 Å². The summed E-state index contributed by atoms with van der Waals surface area (Å²) in [4.78, 5) is 25.4. The number of aromatic nitrogens is 1. The number of amides is 1. The van der Waals surface area contributed by atoms with Crippen LogP contribution in [0.1, 0.15) is 41.4 Å². The third kappa shape index (κ3) is 3.45. The molecule has 1 aromatic carbocycles. The number of hydrogen-bond donors (Lipinski definition) is 1. The van der Waals surface area contributed by atoms with Crippen LogP contribution >= 0.6 is 0 Å². The van der Waals surface area contributed by atoms with E-state index in [1.807, 2.05) is 26.0 Å². The molecule has 138 valence electrons. The lowest BCUT2D eigenvalue weighted by Crippen LogP contribution is -2.31. The summed E-state index contributed by atoms with van der Waals surface area (Å²) in [5.41, 5.74) is 2.72. The molecule has 0 radical (unpaired) electrons. The lowest BCUT2D eigenvalue weighted by atomic mass is 10.0. The van der Waals surface area contributed by atoms with Crippen molar-refractivity contribution >= 4 is 11.6 Å². The number of anilines is 1. The number of hydrogen-bond acceptors (Lipinski definition) is 4. The fourth-order valence-electron chi connectivity index (χ4n) is 3.34. The van der Waals surface area contributed by atoms with E-state index in [2.05, 4.69) is 5.32 Å². The predicted octanol–water partition coefficient (Wildman–Crippen LogP) is 3.15. The quantitative estimate of drug-likeness (QED) is 0.893. The number of ether oxygens (including phenoxy) is 2. The minimum Gasteiger partial charge on any atom is -0.497 e. The Morgan fingerprint density at radius 2 is 2.08 bits per heavy atom. The number of pyridine rings is 1. The summed E-state index contributed by atoms with van der Waals surface area (Å²) < 4.78 is 12.5. The Bertz CT molecular complexity index is 886. The molecule has 1 amide bonds. The molecule has 1 aliphatic heterocycles. The van der Waals surface area contributed by atoms with Gasteiger partial charge in [-0.05, 0) is 56.9 Å². The van der Waals surface area contributed by atoms with Crippen molar-refractivity contribution < 1.29 is 14.3 Å². The van der Waals surface area contributed by atoms with E-state index in [0.717, 1.165) is 29.8 Å². The second kappa shape index (κ2) is 7.64. The highest BCUT2D eigenvalue weighted by molar-refractivity contribution is 6.07. The van der Waals surface area contributed by atoms with E-state index in [0.29, 0.717) is 36.6 Å². The first kappa shape index (κ1) is 18.0. The standard InChI is InChI=1S/C20H24N2O4/c1-4-26-17-12-18(23)22-10-6-5-7-16(22)19(17)20(24)21-15-9-8-14(25-3)11-13(15)2/h8-9,11-12H,4-7,10H2,1-3H3,(H,21,24). The molecule has 2 aromatic rings. The lowest BCUT2D eigenvalue weighted by Gasteiger charge is -2.23. The van der Waals surface area contributed by atoms with E-state index in [9.17, 15) is 9.59 Å². The van der Waals surface area contributed by atoms with Crippen LogP contribution in [0, 0.1) is 6.92 Å². The lowest BCUT2D eigenvalue weighted by molar-refractivity contribution is 0.102. The normalized spacial score (nSPS) is 13.0. The first-order chi connectivity index (χ1) is 12.5. The van der Waals surface area contributed by atoms with Crippen LogP contribution in [0.5, 0.6) is 11.5 Å². The van der Waals surface area contributed by atoms with Gasteiger partial charge in [-0.3, -0.25) is 9.59 Å². The topological polar surface area (TPSA) is 69.6 Å². The minimum atomic E-state index is -0.257. The van der Waals surface area contributed by atoms with E-state index in [1.165, 1.54) is 6.07 Å². The van der Waals surface area contributed by atoms with E-state index < -0.39 is 0 Å². The second-order valence-corrected chi connectivity index (χ2v) is 6.35. The Labute approximate surface area is 152 Å². The van der Waals surface area contributed by atoms with Gasteiger partial charge >= 0.3 is 0 Å². The minimum absolute atomic E-state index is 0.111. The zero-order valence-electron chi connectivity index (χ0n) is 15.4. The Balaban J connectivity index is 2.02. The zero-order valence-corrected chi connectivity index (χ0v) is 15.4. The monoisotopic (exact) mass is 356 g/mol. The summed E-state index contributed by atoms with van der Waals surface area (Å²) in [5.74, 6) is 0.834. The maximum Gasteiger partial charge on any atom is 0.261 e. The highest BCUT2D eigenvalue weighted by atomic mass is 16.5. The SMILES string of the molecule is CCOc1cc(=O)n2c(c1C(=O)Nc1ccc(OC)cc1C)CCCC2. The number of rotatable bonds is 5. The molecule has 3 rings (SSSR count). The van der Waals surface area contributed by atoms with Gasteiger partial charge in [0.25, 0.3) is 11.5 Å². The van der Waals surface area contributed by atoms with Crippen LogP contribution in [0.3, 0.4) is 0 Å². The highest BCUT2D eigenvalue weighted by Crippen LogP contribution is 2.28. The smallest absolute Gasteiger partial charge is 0.261 e. The molecule has 0 aliphatic carbocycles. The highest BCUT2D eigenvalue weighted by Gasteiger charge is 2.24. The van der Waals surface area contributed by atoms with Crippen LogP contribution in [0.15, 0.2) is 29.1 Å². The molecule has 6 heteroatoms. The maximum atomic E-state index is 13.1. The third-order valence-electron chi connectivity index (χ3n) is 4.64. The summed E-state index contributed by atoms with van der Waals surface area (Å²) >= 11 is 0. The van der Waals surface area contributed by atoms with Crippen molar-refractivity contribution in [3.63, 3.8) is 0 Å². The third-order valence-corrected chi connectivity index (χ3v) is 4.64. The van der Waals surface area contributed by atoms with Crippen molar-refractivity contribution in [3.05, 3.63) is 51.4 Å². The number of nitrogens with zero attached hydrogens (tertiary/aromatic N) is 1. The second-order valence-electron chi connectivity index (χ2n) is 6.35. The molecule has 1 aliphatic rings. The Hall–Kier alpha value is -2.76. The Kier molecular flexibility index (Phi) is 5.30.